The van der Waals surface area contributed by atoms with Gasteiger partial charge in [0.1, 0.15) is 11.6 Å². The lowest BCUT2D eigenvalue weighted by Gasteiger charge is -2.26. The maximum absolute atomic E-state index is 14.9. The van der Waals surface area contributed by atoms with Crippen molar-refractivity contribution in [2.75, 3.05) is 39.2 Å². The van der Waals surface area contributed by atoms with Gasteiger partial charge in [0, 0.05) is 43.5 Å². The average Bonchev–Trinajstić information content (AvgIpc) is 2.90. The standard InChI is InChI=1S/C27H25F2N5O3/c1-36-20-11-21(37-2)27(29)25(26(20)28)18-5-4-17-10-23(32-13-19(17)9-18)33-22-6-3-16(12-31-22)14-34-8-7-30-24(35)15-34/h3-6,9-13H,7-8,14-15H2,1-2H3,(H,30,35)(H,31,32,33). The molecule has 4 aromatic rings. The van der Waals surface area contributed by atoms with Crippen molar-refractivity contribution in [3.63, 3.8) is 0 Å². The van der Waals surface area contributed by atoms with Gasteiger partial charge in [-0.05, 0) is 34.7 Å². The minimum Gasteiger partial charge on any atom is -0.494 e. The smallest absolute Gasteiger partial charge is 0.234 e. The van der Waals surface area contributed by atoms with Gasteiger partial charge >= 0.3 is 0 Å². The lowest BCUT2D eigenvalue weighted by molar-refractivity contribution is -0.124. The number of hydrogen-bond donors (Lipinski definition) is 2. The Hall–Kier alpha value is -4.31. The number of carbonyl (C=O) groups is 1. The Morgan fingerprint density at radius 2 is 1.70 bits per heavy atom. The first-order valence-corrected chi connectivity index (χ1v) is 11.7. The van der Waals surface area contributed by atoms with E-state index in [1.165, 1.54) is 20.3 Å². The van der Waals surface area contributed by atoms with E-state index in [0.717, 1.165) is 17.5 Å². The zero-order chi connectivity index (χ0) is 25.9. The number of carbonyl (C=O) groups excluding carboxylic acids is 1. The van der Waals surface area contributed by atoms with Gasteiger partial charge in [-0.3, -0.25) is 9.69 Å². The Kier molecular flexibility index (Phi) is 6.82. The molecule has 10 heteroatoms. The number of halogens is 2. The van der Waals surface area contributed by atoms with Gasteiger partial charge in [0.2, 0.25) is 5.91 Å². The first-order valence-electron chi connectivity index (χ1n) is 11.7. The molecule has 2 N–H and O–H groups in total. The maximum atomic E-state index is 14.9. The Labute approximate surface area is 212 Å². The van der Waals surface area contributed by atoms with Crippen LogP contribution in [0.2, 0.25) is 0 Å². The summed E-state index contributed by atoms with van der Waals surface area (Å²) in [4.78, 5) is 22.5. The van der Waals surface area contributed by atoms with Crippen LogP contribution in [0.3, 0.4) is 0 Å². The Balaban J connectivity index is 1.35. The minimum atomic E-state index is -0.801. The Morgan fingerprint density at radius 3 is 2.38 bits per heavy atom. The predicted molar refractivity (Wildman–Crippen MR) is 136 cm³/mol. The van der Waals surface area contributed by atoms with Gasteiger partial charge in [0.05, 0.1) is 26.3 Å². The summed E-state index contributed by atoms with van der Waals surface area (Å²) in [5, 5.41) is 7.53. The van der Waals surface area contributed by atoms with Gasteiger partial charge in [0.15, 0.2) is 23.1 Å². The molecule has 37 heavy (non-hydrogen) atoms. The van der Waals surface area contributed by atoms with Crippen LogP contribution in [0.15, 0.2) is 54.9 Å². The van der Waals surface area contributed by atoms with E-state index in [9.17, 15) is 13.6 Å². The summed E-state index contributed by atoms with van der Waals surface area (Å²) in [7, 11) is 2.63. The quantitative estimate of drug-likeness (QED) is 0.388. The molecule has 1 saturated heterocycles. The van der Waals surface area contributed by atoms with Crippen LogP contribution in [0.25, 0.3) is 21.9 Å². The van der Waals surface area contributed by atoms with Gasteiger partial charge in [-0.2, -0.15) is 0 Å². The molecule has 0 radical (unpaired) electrons. The average molecular weight is 506 g/mol. The zero-order valence-corrected chi connectivity index (χ0v) is 20.3. The van der Waals surface area contributed by atoms with E-state index >= 15 is 0 Å². The molecule has 1 aliphatic heterocycles. The monoisotopic (exact) mass is 505 g/mol. The van der Waals surface area contributed by atoms with Crippen LogP contribution in [0, 0.1) is 11.6 Å². The number of pyridine rings is 2. The number of benzene rings is 2. The third-order valence-corrected chi connectivity index (χ3v) is 6.19. The number of nitrogens with one attached hydrogen (secondary N) is 2. The fourth-order valence-electron chi connectivity index (χ4n) is 4.31. The molecule has 0 atom stereocenters. The molecular formula is C27H25F2N5O3. The van der Waals surface area contributed by atoms with Crippen molar-refractivity contribution in [3.05, 3.63) is 72.1 Å². The molecule has 1 aliphatic rings. The van der Waals surface area contributed by atoms with Crippen LogP contribution in [0.1, 0.15) is 5.56 Å². The number of aromatic nitrogens is 2. The number of nitrogens with zero attached hydrogens (tertiary/aromatic N) is 3. The Bertz CT molecular complexity index is 1430. The van der Waals surface area contributed by atoms with Crippen molar-refractivity contribution in [2.45, 2.75) is 6.54 Å². The molecule has 0 spiro atoms. The number of rotatable bonds is 7. The van der Waals surface area contributed by atoms with Gasteiger partial charge in [-0.25, -0.2) is 18.7 Å². The Morgan fingerprint density at radius 1 is 0.946 bits per heavy atom. The molecule has 2 aromatic carbocycles. The van der Waals surface area contributed by atoms with Gasteiger partial charge in [0.25, 0.3) is 0 Å². The van der Waals surface area contributed by atoms with Crippen LogP contribution in [0.5, 0.6) is 11.5 Å². The number of hydrogen-bond acceptors (Lipinski definition) is 7. The second kappa shape index (κ2) is 10.4. The second-order valence-corrected chi connectivity index (χ2v) is 8.65. The third kappa shape index (κ3) is 5.14. The van der Waals surface area contributed by atoms with E-state index in [0.29, 0.717) is 42.2 Å². The highest BCUT2D eigenvalue weighted by Gasteiger charge is 2.22. The highest BCUT2D eigenvalue weighted by molar-refractivity contribution is 5.89. The number of fused-ring (bicyclic) bond motifs is 1. The van der Waals surface area contributed by atoms with E-state index < -0.39 is 11.6 Å². The highest BCUT2D eigenvalue weighted by atomic mass is 19.1. The number of ether oxygens (including phenoxy) is 2. The summed E-state index contributed by atoms with van der Waals surface area (Å²) in [6.45, 7) is 2.49. The van der Waals surface area contributed by atoms with Gasteiger partial charge < -0.3 is 20.1 Å². The van der Waals surface area contributed by atoms with Crippen LogP contribution in [0.4, 0.5) is 20.4 Å². The first kappa shape index (κ1) is 24.4. The van der Waals surface area contributed by atoms with Crippen molar-refractivity contribution >= 4 is 28.3 Å². The SMILES string of the molecule is COc1cc(OC)c(F)c(-c2ccc3cc(Nc4ccc(CN5CCNC(=O)C5)cn4)ncc3c2)c1F. The van der Waals surface area contributed by atoms with E-state index in [4.69, 9.17) is 9.47 Å². The van der Waals surface area contributed by atoms with Gasteiger partial charge in [-0.1, -0.05) is 18.2 Å². The van der Waals surface area contributed by atoms with Crippen molar-refractivity contribution in [1.82, 2.24) is 20.2 Å². The maximum Gasteiger partial charge on any atom is 0.234 e. The number of methoxy groups -OCH3 is 2. The molecule has 0 aliphatic carbocycles. The largest absolute Gasteiger partial charge is 0.494 e. The molecule has 1 fully saturated rings. The summed E-state index contributed by atoms with van der Waals surface area (Å²) in [6, 6.07) is 11.9. The van der Waals surface area contributed by atoms with Crippen molar-refractivity contribution in [1.29, 1.82) is 0 Å². The lowest BCUT2D eigenvalue weighted by atomic mass is 10.0. The van der Waals surface area contributed by atoms with Gasteiger partial charge in [-0.15, -0.1) is 0 Å². The fraction of sp³-hybridized carbons (Fsp3) is 0.222. The molecule has 0 bridgehead atoms. The molecular weight excluding hydrogens is 480 g/mol. The number of anilines is 2. The van der Waals surface area contributed by atoms with E-state index in [1.807, 2.05) is 18.2 Å². The second-order valence-electron chi connectivity index (χ2n) is 8.65. The minimum absolute atomic E-state index is 0.0329. The summed E-state index contributed by atoms with van der Waals surface area (Å²) in [6.07, 6.45) is 3.40. The fourth-order valence-corrected chi connectivity index (χ4v) is 4.31. The molecule has 190 valence electrons. The molecule has 3 heterocycles. The van der Waals surface area contributed by atoms with Crippen molar-refractivity contribution in [2.24, 2.45) is 0 Å². The summed E-state index contributed by atoms with van der Waals surface area (Å²) in [5.74, 6) is -0.582. The summed E-state index contributed by atoms with van der Waals surface area (Å²) < 4.78 is 40.0. The van der Waals surface area contributed by atoms with Crippen LogP contribution >= 0.6 is 0 Å². The summed E-state index contributed by atoms with van der Waals surface area (Å²) >= 11 is 0. The van der Waals surface area contributed by atoms with E-state index in [2.05, 4.69) is 25.5 Å². The van der Waals surface area contributed by atoms with Crippen LogP contribution < -0.4 is 20.1 Å². The molecule has 2 aromatic heterocycles. The first-order chi connectivity index (χ1) is 17.9. The topological polar surface area (TPSA) is 88.6 Å². The third-order valence-electron chi connectivity index (χ3n) is 6.19. The van der Waals surface area contributed by atoms with Crippen molar-refractivity contribution < 1.29 is 23.0 Å². The molecule has 0 unspecified atom stereocenters. The molecule has 5 rings (SSSR count). The number of amides is 1. The molecule has 8 nitrogen and oxygen atoms in total. The van der Waals surface area contributed by atoms with E-state index in [-0.39, 0.29) is 23.0 Å². The lowest BCUT2D eigenvalue weighted by Crippen LogP contribution is -2.47. The highest BCUT2D eigenvalue weighted by Crippen LogP contribution is 2.38. The van der Waals surface area contributed by atoms with Crippen molar-refractivity contribution in [3.8, 4) is 22.6 Å². The van der Waals surface area contributed by atoms with Crippen LogP contribution in [-0.4, -0.2) is 54.6 Å². The molecule has 1 amide bonds. The molecule has 0 saturated carbocycles. The normalized spacial score (nSPS) is 13.9. The van der Waals surface area contributed by atoms with E-state index in [1.54, 1.807) is 30.6 Å². The zero-order valence-electron chi connectivity index (χ0n) is 20.3. The van der Waals surface area contributed by atoms with Crippen LogP contribution in [-0.2, 0) is 11.3 Å². The summed E-state index contributed by atoms with van der Waals surface area (Å²) in [5.41, 5.74) is 1.12. The number of piperazine rings is 1. The predicted octanol–water partition coefficient (Wildman–Crippen LogP) is 4.27.